The van der Waals surface area contributed by atoms with E-state index >= 15 is 0 Å². The van der Waals surface area contributed by atoms with Crippen molar-refractivity contribution in [2.45, 2.75) is 33.2 Å². The lowest BCUT2D eigenvalue weighted by Gasteiger charge is -2.33. The maximum Gasteiger partial charge on any atom is 0.136 e. The van der Waals surface area contributed by atoms with Crippen molar-refractivity contribution in [3.8, 4) is 0 Å². The van der Waals surface area contributed by atoms with Crippen LogP contribution in [0, 0.1) is 5.92 Å². The summed E-state index contributed by atoms with van der Waals surface area (Å²) < 4.78 is 0. The lowest BCUT2D eigenvalue weighted by atomic mass is 9.99. The van der Waals surface area contributed by atoms with Crippen LogP contribution >= 0.6 is 0 Å². The maximum absolute atomic E-state index is 4.96. The minimum absolute atomic E-state index is 0.761. The first kappa shape index (κ1) is 14.3. The number of rotatable bonds is 4. The van der Waals surface area contributed by atoms with Gasteiger partial charge in [-0.15, -0.1) is 0 Å². The fraction of sp³-hybridized carbons (Fsp3) is 0.500. The Morgan fingerprint density at radius 1 is 1.33 bits per heavy atom. The van der Waals surface area contributed by atoms with Gasteiger partial charge in [0.05, 0.1) is 5.69 Å². The van der Waals surface area contributed by atoms with Crippen LogP contribution in [0.3, 0.4) is 0 Å². The summed E-state index contributed by atoms with van der Waals surface area (Å²) in [6.07, 6.45) is 2.61. The summed E-state index contributed by atoms with van der Waals surface area (Å²) in [6.45, 7) is 8.56. The summed E-state index contributed by atoms with van der Waals surface area (Å²) in [7, 11) is 0. The molecule has 1 aromatic heterocycles. The first-order valence-electron chi connectivity index (χ1n) is 8.12. The van der Waals surface area contributed by atoms with Crippen LogP contribution in [0.2, 0.25) is 0 Å². The number of anilines is 1. The molecular weight excluding hydrogens is 258 g/mol. The zero-order chi connectivity index (χ0) is 14.7. The SMILES string of the molecule is CCNCc1cc2ccccc2c(N2CCCC(C)C2)n1. The first-order chi connectivity index (χ1) is 10.3. The van der Waals surface area contributed by atoms with Crippen LogP contribution < -0.4 is 10.2 Å². The van der Waals surface area contributed by atoms with Crippen LogP contribution in [0.4, 0.5) is 5.82 Å². The van der Waals surface area contributed by atoms with Gasteiger partial charge in [0.15, 0.2) is 0 Å². The molecule has 1 unspecified atom stereocenters. The van der Waals surface area contributed by atoms with Gasteiger partial charge >= 0.3 is 0 Å². The number of benzene rings is 1. The van der Waals surface area contributed by atoms with Crippen molar-refractivity contribution in [3.05, 3.63) is 36.0 Å². The number of pyridine rings is 1. The van der Waals surface area contributed by atoms with Gasteiger partial charge in [-0.05, 0) is 36.8 Å². The number of hydrogen-bond acceptors (Lipinski definition) is 3. The predicted octanol–water partition coefficient (Wildman–Crippen LogP) is 3.58. The van der Waals surface area contributed by atoms with Crippen LogP contribution in [-0.2, 0) is 6.54 Å². The third-order valence-electron chi connectivity index (χ3n) is 4.29. The zero-order valence-corrected chi connectivity index (χ0v) is 13.1. The molecule has 2 heterocycles. The normalized spacial score (nSPS) is 19.1. The maximum atomic E-state index is 4.96. The predicted molar refractivity (Wildman–Crippen MR) is 89.7 cm³/mol. The van der Waals surface area contributed by atoms with Crippen molar-refractivity contribution in [2.24, 2.45) is 5.92 Å². The molecular formula is C18H25N3. The summed E-state index contributed by atoms with van der Waals surface area (Å²) >= 11 is 0. The molecule has 1 saturated heterocycles. The minimum atomic E-state index is 0.761. The van der Waals surface area contributed by atoms with E-state index in [1.165, 1.54) is 29.4 Å². The monoisotopic (exact) mass is 283 g/mol. The number of fused-ring (bicyclic) bond motifs is 1. The second-order valence-electron chi connectivity index (χ2n) is 6.13. The highest BCUT2D eigenvalue weighted by Gasteiger charge is 2.19. The summed E-state index contributed by atoms with van der Waals surface area (Å²) in [4.78, 5) is 7.44. The Morgan fingerprint density at radius 3 is 3.00 bits per heavy atom. The minimum Gasteiger partial charge on any atom is -0.356 e. The van der Waals surface area contributed by atoms with E-state index in [2.05, 4.69) is 54.4 Å². The Labute approximate surface area is 127 Å². The lowest BCUT2D eigenvalue weighted by molar-refractivity contribution is 0.445. The van der Waals surface area contributed by atoms with Crippen molar-refractivity contribution >= 4 is 16.6 Å². The van der Waals surface area contributed by atoms with Crippen molar-refractivity contribution in [1.82, 2.24) is 10.3 Å². The molecule has 21 heavy (non-hydrogen) atoms. The summed E-state index contributed by atoms with van der Waals surface area (Å²) in [5.74, 6) is 1.93. The van der Waals surface area contributed by atoms with E-state index in [-0.39, 0.29) is 0 Å². The molecule has 3 nitrogen and oxygen atoms in total. The van der Waals surface area contributed by atoms with Gasteiger partial charge in [0.2, 0.25) is 0 Å². The summed E-state index contributed by atoms with van der Waals surface area (Å²) in [5, 5.41) is 5.97. The van der Waals surface area contributed by atoms with Crippen LogP contribution in [0.25, 0.3) is 10.8 Å². The molecule has 3 heteroatoms. The molecule has 1 fully saturated rings. The van der Waals surface area contributed by atoms with Gasteiger partial charge in [0.1, 0.15) is 5.82 Å². The summed E-state index contributed by atoms with van der Waals surface area (Å²) in [6, 6.07) is 10.8. The molecule has 1 atom stereocenters. The molecule has 1 aromatic carbocycles. The average Bonchev–Trinajstić information content (AvgIpc) is 2.52. The molecule has 0 spiro atoms. The van der Waals surface area contributed by atoms with Crippen LogP contribution in [-0.4, -0.2) is 24.6 Å². The topological polar surface area (TPSA) is 28.2 Å². The molecule has 0 radical (unpaired) electrons. The number of hydrogen-bond donors (Lipinski definition) is 1. The molecule has 0 saturated carbocycles. The molecule has 1 N–H and O–H groups in total. The molecule has 2 aromatic rings. The van der Waals surface area contributed by atoms with E-state index in [1.54, 1.807) is 0 Å². The number of nitrogens with one attached hydrogen (secondary N) is 1. The quantitative estimate of drug-likeness (QED) is 0.929. The van der Waals surface area contributed by atoms with E-state index in [0.29, 0.717) is 0 Å². The molecule has 0 amide bonds. The van der Waals surface area contributed by atoms with Crippen molar-refractivity contribution in [1.29, 1.82) is 0 Å². The van der Waals surface area contributed by atoms with E-state index in [9.17, 15) is 0 Å². The van der Waals surface area contributed by atoms with Gasteiger partial charge < -0.3 is 10.2 Å². The van der Waals surface area contributed by atoms with Crippen LogP contribution in [0.5, 0.6) is 0 Å². The Morgan fingerprint density at radius 2 is 2.19 bits per heavy atom. The average molecular weight is 283 g/mol. The largest absolute Gasteiger partial charge is 0.356 e. The molecule has 3 rings (SSSR count). The van der Waals surface area contributed by atoms with Gasteiger partial charge in [-0.25, -0.2) is 4.98 Å². The Hall–Kier alpha value is -1.61. The van der Waals surface area contributed by atoms with Crippen LogP contribution in [0.15, 0.2) is 30.3 Å². The van der Waals surface area contributed by atoms with Gasteiger partial charge in [-0.3, -0.25) is 0 Å². The molecule has 0 bridgehead atoms. The Balaban J connectivity index is 2.01. The molecule has 0 aliphatic carbocycles. The smallest absolute Gasteiger partial charge is 0.136 e. The second-order valence-corrected chi connectivity index (χ2v) is 6.13. The van der Waals surface area contributed by atoms with Gasteiger partial charge in [0, 0.05) is 25.0 Å². The third kappa shape index (κ3) is 3.18. The summed E-state index contributed by atoms with van der Waals surface area (Å²) in [5.41, 5.74) is 1.14. The zero-order valence-electron chi connectivity index (χ0n) is 13.1. The van der Waals surface area contributed by atoms with Crippen molar-refractivity contribution in [3.63, 3.8) is 0 Å². The Bertz CT molecular complexity index is 608. The Kier molecular flexibility index (Phi) is 4.39. The molecule has 1 aliphatic heterocycles. The van der Waals surface area contributed by atoms with E-state index in [0.717, 1.165) is 37.8 Å². The fourth-order valence-electron chi connectivity index (χ4n) is 3.20. The highest BCUT2D eigenvalue weighted by atomic mass is 15.2. The van der Waals surface area contributed by atoms with Crippen molar-refractivity contribution < 1.29 is 0 Å². The van der Waals surface area contributed by atoms with Crippen LogP contribution in [0.1, 0.15) is 32.4 Å². The first-order valence-corrected chi connectivity index (χ1v) is 8.12. The van der Waals surface area contributed by atoms with E-state index in [1.807, 2.05) is 0 Å². The standard InChI is InChI=1S/C18H25N3/c1-3-19-12-16-11-15-8-4-5-9-17(15)18(20-16)21-10-6-7-14(2)13-21/h4-5,8-9,11,14,19H,3,6-7,10,12-13H2,1-2H3. The third-order valence-corrected chi connectivity index (χ3v) is 4.29. The number of nitrogens with zero attached hydrogens (tertiary/aromatic N) is 2. The van der Waals surface area contributed by atoms with Gasteiger partial charge in [0.25, 0.3) is 0 Å². The molecule has 1 aliphatic rings. The molecule has 112 valence electrons. The van der Waals surface area contributed by atoms with Crippen molar-refractivity contribution in [2.75, 3.05) is 24.5 Å². The lowest BCUT2D eigenvalue weighted by Crippen LogP contribution is -2.35. The number of piperidine rings is 1. The van der Waals surface area contributed by atoms with E-state index in [4.69, 9.17) is 4.98 Å². The highest BCUT2D eigenvalue weighted by Crippen LogP contribution is 2.29. The second kappa shape index (κ2) is 6.44. The van der Waals surface area contributed by atoms with Gasteiger partial charge in [-0.1, -0.05) is 38.1 Å². The van der Waals surface area contributed by atoms with E-state index < -0.39 is 0 Å². The van der Waals surface area contributed by atoms with Gasteiger partial charge in [-0.2, -0.15) is 0 Å². The number of aromatic nitrogens is 1. The highest BCUT2D eigenvalue weighted by molar-refractivity contribution is 5.92. The fourth-order valence-corrected chi connectivity index (χ4v) is 3.20.